The number of aryl methyl sites for hydroxylation is 1. The second-order valence-electron chi connectivity index (χ2n) is 4.21. The molecule has 0 bridgehead atoms. The van der Waals surface area contributed by atoms with Crippen molar-refractivity contribution in [3.05, 3.63) is 29.3 Å². The third kappa shape index (κ3) is 2.16. The number of hydrogen-bond acceptors (Lipinski definition) is 2. The number of nitrogens with zero attached hydrogens (tertiary/aromatic N) is 1. The SMILES string of the molecule is CNC(=O)N1CCCc2ccc(C(C)=O)cc21. The van der Waals surface area contributed by atoms with Gasteiger partial charge in [0.2, 0.25) is 0 Å². The smallest absolute Gasteiger partial charge is 0.321 e. The number of nitrogens with one attached hydrogen (secondary N) is 1. The van der Waals surface area contributed by atoms with Crippen LogP contribution in [0.3, 0.4) is 0 Å². The largest absolute Gasteiger partial charge is 0.341 e. The van der Waals surface area contributed by atoms with Gasteiger partial charge in [-0.15, -0.1) is 0 Å². The Hall–Kier alpha value is -1.84. The van der Waals surface area contributed by atoms with Crippen molar-refractivity contribution in [1.82, 2.24) is 5.32 Å². The van der Waals surface area contributed by atoms with Crippen LogP contribution in [0.2, 0.25) is 0 Å². The lowest BCUT2D eigenvalue weighted by Crippen LogP contribution is -2.41. The molecule has 0 fully saturated rings. The Kier molecular flexibility index (Phi) is 3.13. The maximum Gasteiger partial charge on any atom is 0.321 e. The highest BCUT2D eigenvalue weighted by Crippen LogP contribution is 2.28. The maximum atomic E-state index is 11.7. The van der Waals surface area contributed by atoms with E-state index in [0.29, 0.717) is 12.1 Å². The van der Waals surface area contributed by atoms with Crippen LogP contribution in [-0.2, 0) is 6.42 Å². The number of fused-ring (bicyclic) bond motifs is 1. The Labute approximate surface area is 101 Å². The highest BCUT2D eigenvalue weighted by Gasteiger charge is 2.22. The molecule has 4 nitrogen and oxygen atoms in total. The van der Waals surface area contributed by atoms with Gasteiger partial charge in [0.15, 0.2) is 5.78 Å². The predicted molar refractivity (Wildman–Crippen MR) is 66.6 cm³/mol. The molecule has 0 spiro atoms. The van der Waals surface area contributed by atoms with Crippen molar-refractivity contribution in [2.45, 2.75) is 19.8 Å². The lowest BCUT2D eigenvalue weighted by molar-refractivity contribution is 0.101. The Morgan fingerprint density at radius 2 is 2.12 bits per heavy atom. The number of rotatable bonds is 1. The summed E-state index contributed by atoms with van der Waals surface area (Å²) in [6, 6.07) is 5.47. The fourth-order valence-electron chi connectivity index (χ4n) is 2.14. The van der Waals surface area contributed by atoms with Crippen LogP contribution in [-0.4, -0.2) is 25.4 Å². The summed E-state index contributed by atoms with van der Waals surface area (Å²) in [5.41, 5.74) is 2.65. The lowest BCUT2D eigenvalue weighted by atomic mass is 9.99. The number of ketones is 1. The van der Waals surface area contributed by atoms with E-state index in [2.05, 4.69) is 5.32 Å². The Morgan fingerprint density at radius 3 is 2.76 bits per heavy atom. The molecule has 0 saturated carbocycles. The average molecular weight is 232 g/mol. The van der Waals surface area contributed by atoms with Gasteiger partial charge < -0.3 is 5.32 Å². The second-order valence-corrected chi connectivity index (χ2v) is 4.21. The zero-order chi connectivity index (χ0) is 12.4. The number of benzene rings is 1. The highest BCUT2D eigenvalue weighted by molar-refractivity contribution is 5.98. The zero-order valence-corrected chi connectivity index (χ0v) is 10.1. The van der Waals surface area contributed by atoms with Crippen molar-refractivity contribution in [2.75, 3.05) is 18.5 Å². The average Bonchev–Trinajstić information content (AvgIpc) is 2.36. The molecule has 1 aromatic rings. The topological polar surface area (TPSA) is 49.4 Å². The van der Waals surface area contributed by atoms with Crippen LogP contribution < -0.4 is 10.2 Å². The van der Waals surface area contributed by atoms with Crippen molar-refractivity contribution in [3.63, 3.8) is 0 Å². The minimum Gasteiger partial charge on any atom is -0.341 e. The van der Waals surface area contributed by atoms with E-state index in [9.17, 15) is 9.59 Å². The molecule has 0 atom stereocenters. The molecule has 0 radical (unpaired) electrons. The molecule has 0 saturated heterocycles. The molecule has 1 aromatic carbocycles. The Bertz CT molecular complexity index is 468. The first-order valence-corrected chi connectivity index (χ1v) is 5.76. The predicted octanol–water partition coefficient (Wildman–Crippen LogP) is 1.98. The van der Waals surface area contributed by atoms with Crippen LogP contribution in [0, 0.1) is 0 Å². The summed E-state index contributed by atoms with van der Waals surface area (Å²) in [6.45, 7) is 2.24. The molecule has 2 amide bonds. The van der Waals surface area contributed by atoms with Crippen LogP contribution in [0.25, 0.3) is 0 Å². The van der Waals surface area contributed by atoms with E-state index in [1.54, 1.807) is 11.9 Å². The first kappa shape index (κ1) is 11.6. The zero-order valence-electron chi connectivity index (χ0n) is 10.1. The molecule has 1 aliphatic rings. The Balaban J connectivity index is 2.44. The van der Waals surface area contributed by atoms with Crippen molar-refractivity contribution in [2.24, 2.45) is 0 Å². The van der Waals surface area contributed by atoms with Crippen molar-refractivity contribution in [1.29, 1.82) is 0 Å². The normalized spacial score (nSPS) is 14.1. The van der Waals surface area contributed by atoms with Gasteiger partial charge >= 0.3 is 6.03 Å². The lowest BCUT2D eigenvalue weighted by Gasteiger charge is -2.29. The van der Waals surface area contributed by atoms with E-state index in [1.165, 1.54) is 6.92 Å². The molecule has 1 N–H and O–H groups in total. The van der Waals surface area contributed by atoms with Gasteiger partial charge in [-0.25, -0.2) is 4.79 Å². The van der Waals surface area contributed by atoms with E-state index in [4.69, 9.17) is 0 Å². The molecular weight excluding hydrogens is 216 g/mol. The molecular formula is C13H16N2O2. The molecule has 90 valence electrons. The monoisotopic (exact) mass is 232 g/mol. The van der Waals surface area contributed by atoms with Crippen molar-refractivity contribution >= 4 is 17.5 Å². The number of carbonyl (C=O) groups is 2. The summed E-state index contributed by atoms with van der Waals surface area (Å²) >= 11 is 0. The number of Topliss-reactive ketones (excluding diaryl/α,β-unsaturated/α-hetero) is 1. The minimum absolute atomic E-state index is 0.0234. The number of urea groups is 1. The summed E-state index contributed by atoms with van der Waals surface area (Å²) in [7, 11) is 1.62. The number of amides is 2. The van der Waals surface area contributed by atoms with E-state index in [1.807, 2.05) is 18.2 Å². The Morgan fingerprint density at radius 1 is 1.35 bits per heavy atom. The third-order valence-electron chi connectivity index (χ3n) is 3.07. The fraction of sp³-hybridized carbons (Fsp3) is 0.385. The summed E-state index contributed by atoms with van der Waals surface area (Å²) in [5.74, 6) is 0.0234. The summed E-state index contributed by atoms with van der Waals surface area (Å²) in [4.78, 5) is 24.8. The molecule has 1 heterocycles. The van der Waals surface area contributed by atoms with Crippen LogP contribution >= 0.6 is 0 Å². The van der Waals surface area contributed by atoms with Gasteiger partial charge in [0, 0.05) is 24.8 Å². The van der Waals surface area contributed by atoms with Gasteiger partial charge in [-0.2, -0.15) is 0 Å². The van der Waals surface area contributed by atoms with Gasteiger partial charge in [0.1, 0.15) is 0 Å². The quantitative estimate of drug-likeness (QED) is 0.753. The van der Waals surface area contributed by atoms with Crippen LogP contribution in [0.15, 0.2) is 18.2 Å². The van der Waals surface area contributed by atoms with Crippen LogP contribution in [0.1, 0.15) is 29.3 Å². The van der Waals surface area contributed by atoms with E-state index in [0.717, 1.165) is 24.1 Å². The molecule has 4 heteroatoms. The number of anilines is 1. The summed E-state index contributed by atoms with van der Waals surface area (Å²) in [5, 5.41) is 2.63. The molecule has 0 unspecified atom stereocenters. The number of hydrogen-bond donors (Lipinski definition) is 1. The van der Waals surface area contributed by atoms with E-state index in [-0.39, 0.29) is 11.8 Å². The maximum absolute atomic E-state index is 11.7. The summed E-state index contributed by atoms with van der Waals surface area (Å²) < 4.78 is 0. The molecule has 17 heavy (non-hydrogen) atoms. The van der Waals surface area contributed by atoms with Crippen molar-refractivity contribution < 1.29 is 9.59 Å². The molecule has 0 aromatic heterocycles. The van der Waals surface area contributed by atoms with Gasteiger partial charge in [0.25, 0.3) is 0 Å². The molecule has 0 aliphatic carbocycles. The van der Waals surface area contributed by atoms with Gasteiger partial charge in [-0.3, -0.25) is 9.69 Å². The van der Waals surface area contributed by atoms with E-state index < -0.39 is 0 Å². The standard InChI is InChI=1S/C13H16N2O2/c1-9(16)11-6-5-10-4-3-7-15(12(10)8-11)13(17)14-2/h5-6,8H,3-4,7H2,1-2H3,(H,14,17). The number of carbonyl (C=O) groups excluding carboxylic acids is 2. The first-order valence-electron chi connectivity index (χ1n) is 5.76. The second kappa shape index (κ2) is 4.57. The van der Waals surface area contributed by atoms with Gasteiger partial charge in [-0.1, -0.05) is 12.1 Å². The van der Waals surface area contributed by atoms with Crippen molar-refractivity contribution in [3.8, 4) is 0 Å². The summed E-state index contributed by atoms with van der Waals surface area (Å²) in [6.07, 6.45) is 1.92. The van der Waals surface area contributed by atoms with E-state index >= 15 is 0 Å². The minimum atomic E-state index is -0.119. The third-order valence-corrected chi connectivity index (χ3v) is 3.07. The van der Waals surface area contributed by atoms with Gasteiger partial charge in [0.05, 0.1) is 0 Å². The fourth-order valence-corrected chi connectivity index (χ4v) is 2.14. The highest BCUT2D eigenvalue weighted by atomic mass is 16.2. The van der Waals surface area contributed by atoms with Crippen LogP contribution in [0.5, 0.6) is 0 Å². The van der Waals surface area contributed by atoms with Gasteiger partial charge in [-0.05, 0) is 31.4 Å². The molecule has 1 aliphatic heterocycles. The first-order chi connectivity index (χ1) is 8.13. The van der Waals surface area contributed by atoms with Crippen LogP contribution in [0.4, 0.5) is 10.5 Å². The molecule has 2 rings (SSSR count).